The molecule has 1 fully saturated rings. The SMILES string of the molecule is CCCCCC[C@H]1CC[C@H](c2ccc(-c3ccc(Cl)nc3)cc2F)CC1. The number of rotatable bonds is 7. The van der Waals surface area contributed by atoms with Crippen LogP contribution in [0.1, 0.15) is 76.2 Å². The van der Waals surface area contributed by atoms with Crippen molar-refractivity contribution in [3.05, 3.63) is 53.1 Å². The first-order chi connectivity index (χ1) is 12.7. The van der Waals surface area contributed by atoms with E-state index in [1.54, 1.807) is 18.3 Å². The van der Waals surface area contributed by atoms with Gasteiger partial charge in [0.2, 0.25) is 0 Å². The second-order valence-electron chi connectivity index (χ2n) is 7.67. The summed E-state index contributed by atoms with van der Waals surface area (Å²) in [6.45, 7) is 2.26. The zero-order valence-electron chi connectivity index (χ0n) is 15.7. The summed E-state index contributed by atoms with van der Waals surface area (Å²) in [4.78, 5) is 4.08. The van der Waals surface area contributed by atoms with Crippen LogP contribution in [0.5, 0.6) is 0 Å². The summed E-state index contributed by atoms with van der Waals surface area (Å²) in [6.07, 6.45) is 13.2. The lowest BCUT2D eigenvalue weighted by atomic mass is 9.76. The lowest BCUT2D eigenvalue weighted by Crippen LogP contribution is -2.14. The highest BCUT2D eigenvalue weighted by Crippen LogP contribution is 2.39. The molecule has 0 N–H and O–H groups in total. The fourth-order valence-electron chi connectivity index (χ4n) is 4.21. The quantitative estimate of drug-likeness (QED) is 0.356. The van der Waals surface area contributed by atoms with Gasteiger partial charge in [-0.1, -0.05) is 62.8 Å². The van der Waals surface area contributed by atoms with Gasteiger partial charge in [-0.25, -0.2) is 9.37 Å². The molecule has 3 heteroatoms. The number of hydrogen-bond acceptors (Lipinski definition) is 1. The van der Waals surface area contributed by atoms with Gasteiger partial charge < -0.3 is 0 Å². The smallest absolute Gasteiger partial charge is 0.129 e. The highest BCUT2D eigenvalue weighted by Gasteiger charge is 2.24. The van der Waals surface area contributed by atoms with Crippen LogP contribution in [-0.4, -0.2) is 4.98 Å². The molecule has 1 aromatic carbocycles. The Morgan fingerprint density at radius 3 is 2.42 bits per heavy atom. The van der Waals surface area contributed by atoms with Crippen LogP contribution in [0.25, 0.3) is 11.1 Å². The van der Waals surface area contributed by atoms with Gasteiger partial charge in [0, 0.05) is 11.8 Å². The van der Waals surface area contributed by atoms with Crippen molar-refractivity contribution in [2.24, 2.45) is 5.92 Å². The minimum atomic E-state index is -0.0798. The number of benzene rings is 1. The number of halogens is 2. The Balaban J connectivity index is 1.58. The van der Waals surface area contributed by atoms with Gasteiger partial charge in [-0.05, 0) is 66.8 Å². The van der Waals surface area contributed by atoms with Crippen molar-refractivity contribution in [1.29, 1.82) is 0 Å². The third-order valence-electron chi connectivity index (χ3n) is 5.81. The van der Waals surface area contributed by atoms with E-state index >= 15 is 0 Å². The molecule has 1 aliphatic carbocycles. The summed E-state index contributed by atoms with van der Waals surface area (Å²) in [7, 11) is 0. The predicted molar refractivity (Wildman–Crippen MR) is 108 cm³/mol. The highest BCUT2D eigenvalue weighted by molar-refractivity contribution is 6.29. The monoisotopic (exact) mass is 373 g/mol. The number of unbranched alkanes of at least 4 members (excludes halogenated alkanes) is 3. The second-order valence-corrected chi connectivity index (χ2v) is 8.06. The van der Waals surface area contributed by atoms with Crippen LogP contribution >= 0.6 is 11.6 Å². The largest absolute Gasteiger partial charge is 0.244 e. The summed E-state index contributed by atoms with van der Waals surface area (Å²) in [5.74, 6) is 1.15. The number of hydrogen-bond donors (Lipinski definition) is 0. The number of nitrogens with zero attached hydrogens (tertiary/aromatic N) is 1. The summed E-state index contributed by atoms with van der Waals surface area (Å²) in [5, 5.41) is 0.456. The Morgan fingerprint density at radius 1 is 1.00 bits per heavy atom. The fourth-order valence-corrected chi connectivity index (χ4v) is 4.32. The van der Waals surface area contributed by atoms with Crippen LogP contribution in [0.2, 0.25) is 5.15 Å². The predicted octanol–water partition coefficient (Wildman–Crippen LogP) is 7.79. The van der Waals surface area contributed by atoms with Gasteiger partial charge in [0.25, 0.3) is 0 Å². The van der Waals surface area contributed by atoms with Crippen molar-refractivity contribution in [3.8, 4) is 11.1 Å². The van der Waals surface area contributed by atoms with Crippen LogP contribution in [0.15, 0.2) is 36.5 Å². The van der Waals surface area contributed by atoms with E-state index in [4.69, 9.17) is 11.6 Å². The molecule has 0 atom stereocenters. The van der Waals surface area contributed by atoms with Gasteiger partial charge in [-0.2, -0.15) is 0 Å². The second kappa shape index (κ2) is 9.50. The van der Waals surface area contributed by atoms with Crippen molar-refractivity contribution >= 4 is 11.6 Å². The molecule has 2 aromatic rings. The van der Waals surface area contributed by atoms with Gasteiger partial charge in [-0.3, -0.25) is 0 Å². The third kappa shape index (κ3) is 5.07. The molecular weight excluding hydrogens is 345 g/mol. The van der Waals surface area contributed by atoms with Gasteiger partial charge in [0.1, 0.15) is 11.0 Å². The maximum absolute atomic E-state index is 14.7. The number of pyridine rings is 1. The lowest BCUT2D eigenvalue weighted by molar-refractivity contribution is 0.298. The average molecular weight is 374 g/mol. The molecule has 1 heterocycles. The molecule has 0 unspecified atom stereocenters. The van der Waals surface area contributed by atoms with Gasteiger partial charge >= 0.3 is 0 Å². The summed E-state index contributed by atoms with van der Waals surface area (Å²) >= 11 is 5.83. The van der Waals surface area contributed by atoms with E-state index in [0.29, 0.717) is 11.1 Å². The number of aromatic nitrogens is 1. The van der Waals surface area contributed by atoms with E-state index in [1.807, 2.05) is 18.2 Å². The van der Waals surface area contributed by atoms with Crippen LogP contribution in [0, 0.1) is 11.7 Å². The van der Waals surface area contributed by atoms with Gasteiger partial charge in [0.05, 0.1) is 0 Å². The van der Waals surface area contributed by atoms with Crippen molar-refractivity contribution < 1.29 is 4.39 Å². The molecule has 0 radical (unpaired) electrons. The molecule has 0 aliphatic heterocycles. The normalized spacial score (nSPS) is 20.3. The molecular formula is C23H29ClFN. The molecule has 1 saturated carbocycles. The van der Waals surface area contributed by atoms with E-state index in [1.165, 1.54) is 44.9 Å². The minimum absolute atomic E-state index is 0.0798. The third-order valence-corrected chi connectivity index (χ3v) is 6.04. The summed E-state index contributed by atoms with van der Waals surface area (Å²) in [6, 6.07) is 9.26. The van der Waals surface area contributed by atoms with Crippen LogP contribution in [-0.2, 0) is 0 Å². The molecule has 0 amide bonds. The van der Waals surface area contributed by atoms with E-state index in [-0.39, 0.29) is 5.82 Å². The molecule has 1 aliphatic rings. The first-order valence-electron chi connectivity index (χ1n) is 10.1. The Labute approximate surface area is 162 Å². The maximum Gasteiger partial charge on any atom is 0.129 e. The Hall–Kier alpha value is -1.41. The molecule has 3 rings (SSSR count). The van der Waals surface area contributed by atoms with E-state index in [0.717, 1.165) is 35.4 Å². The van der Waals surface area contributed by atoms with E-state index in [9.17, 15) is 4.39 Å². The Morgan fingerprint density at radius 2 is 1.77 bits per heavy atom. The van der Waals surface area contributed by atoms with Crippen LogP contribution < -0.4 is 0 Å². The van der Waals surface area contributed by atoms with E-state index < -0.39 is 0 Å². The Kier molecular flexibility index (Phi) is 7.07. The van der Waals surface area contributed by atoms with E-state index in [2.05, 4.69) is 11.9 Å². The van der Waals surface area contributed by atoms with Crippen LogP contribution in [0.4, 0.5) is 4.39 Å². The minimum Gasteiger partial charge on any atom is -0.244 e. The molecule has 140 valence electrons. The molecule has 0 saturated heterocycles. The van der Waals surface area contributed by atoms with Gasteiger partial charge in [0.15, 0.2) is 0 Å². The van der Waals surface area contributed by atoms with Gasteiger partial charge in [-0.15, -0.1) is 0 Å². The Bertz CT molecular complexity index is 690. The summed E-state index contributed by atoms with van der Waals surface area (Å²) < 4.78 is 14.7. The highest BCUT2D eigenvalue weighted by atomic mass is 35.5. The fraction of sp³-hybridized carbons (Fsp3) is 0.522. The standard InChI is InChI=1S/C23H29ClFN/c1-2-3-4-5-6-17-7-9-18(10-8-17)21-13-11-19(15-22(21)25)20-12-14-23(24)26-16-20/h11-18H,2-10H2,1H3/t17-,18-. The zero-order chi connectivity index (χ0) is 18.4. The molecule has 0 spiro atoms. The van der Waals surface area contributed by atoms with Crippen molar-refractivity contribution in [1.82, 2.24) is 4.98 Å². The van der Waals surface area contributed by atoms with Crippen molar-refractivity contribution in [2.45, 2.75) is 70.6 Å². The molecule has 1 aromatic heterocycles. The molecule has 1 nitrogen and oxygen atoms in total. The lowest BCUT2D eigenvalue weighted by Gasteiger charge is -2.29. The average Bonchev–Trinajstić information content (AvgIpc) is 2.66. The zero-order valence-corrected chi connectivity index (χ0v) is 16.4. The first kappa shape index (κ1) is 19.4. The molecule has 0 bridgehead atoms. The van der Waals surface area contributed by atoms with Crippen LogP contribution in [0.3, 0.4) is 0 Å². The maximum atomic E-state index is 14.7. The topological polar surface area (TPSA) is 12.9 Å². The van der Waals surface area contributed by atoms with Crippen molar-refractivity contribution in [3.63, 3.8) is 0 Å². The van der Waals surface area contributed by atoms with Crippen molar-refractivity contribution in [2.75, 3.05) is 0 Å². The first-order valence-corrected chi connectivity index (χ1v) is 10.5. The summed E-state index contributed by atoms with van der Waals surface area (Å²) in [5.41, 5.74) is 2.65. The molecule has 26 heavy (non-hydrogen) atoms.